The van der Waals surface area contributed by atoms with Crippen LogP contribution >= 0.6 is 0 Å². The lowest BCUT2D eigenvalue weighted by atomic mass is 10.1. The Morgan fingerprint density at radius 3 is 2.57 bits per heavy atom. The van der Waals surface area contributed by atoms with Crippen molar-refractivity contribution >= 4 is 35.1 Å². The van der Waals surface area contributed by atoms with E-state index in [0.717, 1.165) is 16.8 Å². The SMILES string of the molecule is CC(C)(C)OC(=O)Nc1cccc(CN2C(=O)C(NC(=O)Nc3cccnc3)CCc3ccccc32)c1. The molecule has 9 heteroatoms. The van der Waals surface area contributed by atoms with Gasteiger partial charge in [-0.05, 0) is 75.1 Å². The van der Waals surface area contributed by atoms with Crippen molar-refractivity contribution in [1.29, 1.82) is 0 Å². The number of para-hydroxylation sites is 1. The van der Waals surface area contributed by atoms with Gasteiger partial charge < -0.3 is 20.3 Å². The van der Waals surface area contributed by atoms with E-state index in [1.54, 1.807) is 50.1 Å². The summed E-state index contributed by atoms with van der Waals surface area (Å²) in [5.74, 6) is -0.211. The van der Waals surface area contributed by atoms with Gasteiger partial charge in [0.2, 0.25) is 5.91 Å². The number of fused-ring (bicyclic) bond motifs is 1. The topological polar surface area (TPSA) is 113 Å². The number of aryl methyl sites for hydroxylation is 1. The van der Waals surface area contributed by atoms with E-state index in [2.05, 4.69) is 20.9 Å². The molecule has 9 nitrogen and oxygen atoms in total. The van der Waals surface area contributed by atoms with Gasteiger partial charge >= 0.3 is 12.1 Å². The standard InChI is InChI=1S/C28H31N5O4/c1-28(2,3)37-27(36)31-21-10-6-8-19(16-21)18-33-24-12-5-4-9-20(24)13-14-23(25(33)34)32-26(35)30-22-11-7-15-29-17-22/h4-12,15-17,23H,13-14,18H2,1-3H3,(H,31,36)(H2,30,32,35). The number of urea groups is 1. The van der Waals surface area contributed by atoms with Crippen LogP contribution in [-0.2, 0) is 22.5 Å². The van der Waals surface area contributed by atoms with Crippen LogP contribution in [0.2, 0.25) is 0 Å². The van der Waals surface area contributed by atoms with Gasteiger partial charge in [-0.3, -0.25) is 15.1 Å². The number of hydrogen-bond donors (Lipinski definition) is 3. The average Bonchev–Trinajstić information content (AvgIpc) is 2.96. The lowest BCUT2D eigenvalue weighted by molar-refractivity contribution is -0.120. The van der Waals surface area contributed by atoms with Gasteiger partial charge in [0.1, 0.15) is 11.6 Å². The number of amides is 4. The Hall–Kier alpha value is -4.40. The van der Waals surface area contributed by atoms with Crippen LogP contribution in [0.4, 0.5) is 26.7 Å². The minimum atomic E-state index is -0.716. The van der Waals surface area contributed by atoms with Gasteiger partial charge in [-0.1, -0.05) is 30.3 Å². The molecule has 1 unspecified atom stereocenters. The summed E-state index contributed by atoms with van der Waals surface area (Å²) >= 11 is 0. The second kappa shape index (κ2) is 11.1. The first-order chi connectivity index (χ1) is 17.7. The van der Waals surface area contributed by atoms with Gasteiger partial charge in [-0.2, -0.15) is 0 Å². The molecule has 0 saturated carbocycles. The fourth-order valence-corrected chi connectivity index (χ4v) is 4.13. The Balaban J connectivity index is 1.52. The third-order valence-electron chi connectivity index (χ3n) is 5.69. The van der Waals surface area contributed by atoms with Crippen LogP contribution in [0.1, 0.15) is 38.3 Å². The molecular formula is C28H31N5O4. The van der Waals surface area contributed by atoms with Gasteiger partial charge in [0.15, 0.2) is 0 Å². The second-order valence-electron chi connectivity index (χ2n) is 9.81. The number of benzene rings is 2. The zero-order valence-electron chi connectivity index (χ0n) is 21.2. The highest BCUT2D eigenvalue weighted by Crippen LogP contribution is 2.29. The number of aromatic nitrogens is 1. The van der Waals surface area contributed by atoms with E-state index in [0.29, 0.717) is 24.2 Å². The van der Waals surface area contributed by atoms with Crippen LogP contribution in [0.25, 0.3) is 0 Å². The summed E-state index contributed by atoms with van der Waals surface area (Å²) in [6, 6.07) is 17.3. The maximum atomic E-state index is 13.7. The molecule has 1 aliphatic rings. The van der Waals surface area contributed by atoms with Crippen molar-refractivity contribution in [3.8, 4) is 0 Å². The third-order valence-corrected chi connectivity index (χ3v) is 5.69. The zero-order valence-corrected chi connectivity index (χ0v) is 21.2. The molecule has 0 radical (unpaired) electrons. The molecule has 192 valence electrons. The number of carbonyl (C=O) groups is 3. The fraction of sp³-hybridized carbons (Fsp3) is 0.286. The fourth-order valence-electron chi connectivity index (χ4n) is 4.13. The molecule has 2 heterocycles. The van der Waals surface area contributed by atoms with Crippen molar-refractivity contribution in [2.75, 3.05) is 15.5 Å². The first-order valence-electron chi connectivity index (χ1n) is 12.1. The van der Waals surface area contributed by atoms with E-state index in [1.807, 2.05) is 42.5 Å². The van der Waals surface area contributed by atoms with Crippen molar-refractivity contribution in [2.24, 2.45) is 0 Å². The molecule has 4 rings (SSSR count). The molecule has 3 N–H and O–H groups in total. The number of nitrogens with zero attached hydrogens (tertiary/aromatic N) is 2. The summed E-state index contributed by atoms with van der Waals surface area (Å²) in [5.41, 5.74) is 3.13. The molecular weight excluding hydrogens is 470 g/mol. The van der Waals surface area contributed by atoms with Crippen molar-refractivity contribution in [3.63, 3.8) is 0 Å². The maximum Gasteiger partial charge on any atom is 0.412 e. The van der Waals surface area contributed by atoms with Crippen LogP contribution in [0, 0.1) is 0 Å². The van der Waals surface area contributed by atoms with Crippen LogP contribution in [0.15, 0.2) is 73.1 Å². The number of carbonyl (C=O) groups excluding carboxylic acids is 3. The smallest absolute Gasteiger partial charge is 0.412 e. The molecule has 0 spiro atoms. The molecule has 0 saturated heterocycles. The van der Waals surface area contributed by atoms with E-state index in [1.165, 1.54) is 6.20 Å². The Morgan fingerprint density at radius 2 is 1.81 bits per heavy atom. The van der Waals surface area contributed by atoms with Gasteiger partial charge in [0.05, 0.1) is 18.4 Å². The third kappa shape index (κ3) is 7.07. The first-order valence-corrected chi connectivity index (χ1v) is 12.1. The van der Waals surface area contributed by atoms with E-state index < -0.39 is 23.8 Å². The van der Waals surface area contributed by atoms with E-state index in [-0.39, 0.29) is 12.5 Å². The Labute approximate surface area is 216 Å². The highest BCUT2D eigenvalue weighted by Gasteiger charge is 2.31. The molecule has 1 atom stereocenters. The second-order valence-corrected chi connectivity index (χ2v) is 9.81. The monoisotopic (exact) mass is 501 g/mol. The maximum absolute atomic E-state index is 13.7. The average molecular weight is 502 g/mol. The molecule has 0 fully saturated rings. The van der Waals surface area contributed by atoms with Crippen molar-refractivity contribution in [3.05, 3.63) is 84.2 Å². The van der Waals surface area contributed by atoms with Crippen LogP contribution in [0.5, 0.6) is 0 Å². The molecule has 4 amide bonds. The number of pyridine rings is 1. The molecule has 2 aromatic carbocycles. The number of hydrogen-bond acceptors (Lipinski definition) is 5. The predicted molar refractivity (Wildman–Crippen MR) is 142 cm³/mol. The number of nitrogens with one attached hydrogen (secondary N) is 3. The minimum Gasteiger partial charge on any atom is -0.444 e. The lowest BCUT2D eigenvalue weighted by Crippen LogP contribution is -2.49. The van der Waals surface area contributed by atoms with Gasteiger partial charge in [0, 0.05) is 17.6 Å². The summed E-state index contributed by atoms with van der Waals surface area (Å²) in [4.78, 5) is 44.2. The molecule has 1 aliphatic heterocycles. The summed E-state index contributed by atoms with van der Waals surface area (Å²) in [6.45, 7) is 5.66. The Kier molecular flexibility index (Phi) is 7.71. The van der Waals surface area contributed by atoms with Crippen LogP contribution in [0.3, 0.4) is 0 Å². The van der Waals surface area contributed by atoms with E-state index in [9.17, 15) is 14.4 Å². The highest BCUT2D eigenvalue weighted by molar-refractivity contribution is 6.01. The first kappa shape index (κ1) is 25.7. The van der Waals surface area contributed by atoms with E-state index >= 15 is 0 Å². The highest BCUT2D eigenvalue weighted by atomic mass is 16.6. The quantitative estimate of drug-likeness (QED) is 0.450. The van der Waals surface area contributed by atoms with Crippen LogP contribution < -0.4 is 20.9 Å². The van der Waals surface area contributed by atoms with Crippen molar-refractivity contribution < 1.29 is 19.1 Å². The molecule has 1 aromatic heterocycles. The molecule has 0 bridgehead atoms. The summed E-state index contributed by atoms with van der Waals surface area (Å²) < 4.78 is 5.34. The summed E-state index contributed by atoms with van der Waals surface area (Å²) in [5, 5.41) is 8.29. The van der Waals surface area contributed by atoms with Crippen molar-refractivity contribution in [1.82, 2.24) is 10.3 Å². The molecule has 0 aliphatic carbocycles. The largest absolute Gasteiger partial charge is 0.444 e. The van der Waals surface area contributed by atoms with Gasteiger partial charge in [0.25, 0.3) is 0 Å². The molecule has 3 aromatic rings. The lowest BCUT2D eigenvalue weighted by Gasteiger charge is -2.27. The number of ether oxygens (including phenoxy) is 1. The normalized spacial score (nSPS) is 15.3. The van der Waals surface area contributed by atoms with E-state index in [4.69, 9.17) is 4.74 Å². The number of rotatable bonds is 5. The Bertz CT molecular complexity index is 1270. The van der Waals surface area contributed by atoms with Gasteiger partial charge in [-0.25, -0.2) is 9.59 Å². The minimum absolute atomic E-state index is 0.211. The zero-order chi connectivity index (χ0) is 26.4. The number of anilines is 3. The van der Waals surface area contributed by atoms with Gasteiger partial charge in [-0.15, -0.1) is 0 Å². The van der Waals surface area contributed by atoms with Crippen LogP contribution in [-0.4, -0.2) is 34.7 Å². The molecule has 37 heavy (non-hydrogen) atoms. The predicted octanol–water partition coefficient (Wildman–Crippen LogP) is 5.10. The summed E-state index contributed by atoms with van der Waals surface area (Å²) in [6.07, 6.45) is 3.70. The summed E-state index contributed by atoms with van der Waals surface area (Å²) in [7, 11) is 0. The Morgan fingerprint density at radius 1 is 1.03 bits per heavy atom. The van der Waals surface area contributed by atoms with Crippen molar-refractivity contribution in [2.45, 2.75) is 51.8 Å².